The second-order valence-corrected chi connectivity index (χ2v) is 6.06. The minimum absolute atomic E-state index is 0.194. The normalized spacial score (nSPS) is 11.2. The average Bonchev–Trinajstić information content (AvgIpc) is 2.95. The summed E-state index contributed by atoms with van der Waals surface area (Å²) < 4.78 is 0. The summed E-state index contributed by atoms with van der Waals surface area (Å²) in [4.78, 5) is 21.8. The van der Waals surface area contributed by atoms with E-state index in [2.05, 4.69) is 35.1 Å². The highest BCUT2D eigenvalue weighted by Gasteiger charge is 2.10. The lowest BCUT2D eigenvalue weighted by atomic mass is 10.1. The molecule has 0 aliphatic rings. The molecule has 0 saturated carbocycles. The predicted octanol–water partition coefficient (Wildman–Crippen LogP) is 3.91. The van der Waals surface area contributed by atoms with Gasteiger partial charge in [-0.3, -0.25) is 9.78 Å². The van der Waals surface area contributed by atoms with E-state index < -0.39 is 0 Å². The van der Waals surface area contributed by atoms with Gasteiger partial charge in [0.25, 0.3) is 0 Å². The van der Waals surface area contributed by atoms with Crippen molar-refractivity contribution in [1.82, 2.24) is 14.9 Å². The number of aryl methyl sites for hydroxylation is 1. The highest BCUT2D eigenvalue weighted by Crippen LogP contribution is 2.25. The van der Waals surface area contributed by atoms with Gasteiger partial charge in [-0.2, -0.15) is 0 Å². The Bertz CT molecular complexity index is 822. The van der Waals surface area contributed by atoms with Gasteiger partial charge in [-0.25, -0.2) is 0 Å². The van der Waals surface area contributed by atoms with Gasteiger partial charge in [0, 0.05) is 42.0 Å². The van der Waals surface area contributed by atoms with Crippen LogP contribution in [-0.4, -0.2) is 34.4 Å². The fraction of sp³-hybridized carbons (Fsp3) is 0.368. The molecule has 4 heteroatoms. The van der Waals surface area contributed by atoms with Gasteiger partial charge in [0.2, 0.25) is 5.91 Å². The summed E-state index contributed by atoms with van der Waals surface area (Å²) in [7, 11) is 1.88. The van der Waals surface area contributed by atoms with Crippen molar-refractivity contribution in [2.45, 2.75) is 32.6 Å². The van der Waals surface area contributed by atoms with Crippen molar-refractivity contribution in [2.24, 2.45) is 0 Å². The number of H-pyrrole nitrogens is 1. The highest BCUT2D eigenvalue weighted by atomic mass is 16.2. The van der Waals surface area contributed by atoms with Crippen LogP contribution < -0.4 is 0 Å². The quantitative estimate of drug-likeness (QED) is 0.750. The number of carbonyl (C=O) groups excluding carboxylic acids is 1. The second kappa shape index (κ2) is 6.82. The number of benzene rings is 1. The number of fused-ring (bicyclic) bond motifs is 3. The number of carbonyl (C=O) groups is 1. The van der Waals surface area contributed by atoms with Crippen LogP contribution in [0.2, 0.25) is 0 Å². The zero-order chi connectivity index (χ0) is 16.2. The van der Waals surface area contributed by atoms with Crippen molar-refractivity contribution in [2.75, 3.05) is 13.6 Å². The number of aromatic amines is 1. The van der Waals surface area contributed by atoms with E-state index in [0.29, 0.717) is 12.8 Å². The van der Waals surface area contributed by atoms with E-state index >= 15 is 0 Å². The molecule has 1 N–H and O–H groups in total. The summed E-state index contributed by atoms with van der Waals surface area (Å²) in [5, 5.41) is 2.38. The summed E-state index contributed by atoms with van der Waals surface area (Å²) in [5.41, 5.74) is 3.14. The predicted molar refractivity (Wildman–Crippen MR) is 94.5 cm³/mol. The molecule has 1 amide bonds. The monoisotopic (exact) mass is 309 g/mol. The van der Waals surface area contributed by atoms with Crippen LogP contribution >= 0.6 is 0 Å². The van der Waals surface area contributed by atoms with Crippen molar-refractivity contribution < 1.29 is 4.79 Å². The first kappa shape index (κ1) is 15.5. The van der Waals surface area contributed by atoms with Gasteiger partial charge < -0.3 is 9.88 Å². The Labute approximate surface area is 136 Å². The fourth-order valence-corrected chi connectivity index (χ4v) is 2.88. The number of unbranched alkanes of at least 4 members (excludes halogenated alkanes) is 1. The molecule has 23 heavy (non-hydrogen) atoms. The zero-order valence-electron chi connectivity index (χ0n) is 13.8. The number of aromatic nitrogens is 2. The van der Waals surface area contributed by atoms with E-state index in [-0.39, 0.29) is 5.91 Å². The molecule has 120 valence electrons. The SMILES string of the molecule is CCCCN(C)C(=O)CCc1cc2c(cn1)[nH]c1ccccc12. The molecule has 3 rings (SSSR count). The lowest BCUT2D eigenvalue weighted by molar-refractivity contribution is -0.129. The van der Waals surface area contributed by atoms with Crippen LogP contribution in [0.15, 0.2) is 36.5 Å². The van der Waals surface area contributed by atoms with Crippen LogP contribution in [0.4, 0.5) is 0 Å². The minimum atomic E-state index is 0.194. The van der Waals surface area contributed by atoms with E-state index in [1.54, 1.807) is 0 Å². The van der Waals surface area contributed by atoms with E-state index in [9.17, 15) is 4.79 Å². The molecule has 0 fully saturated rings. The number of hydrogen-bond acceptors (Lipinski definition) is 2. The van der Waals surface area contributed by atoms with Crippen LogP contribution in [0, 0.1) is 0 Å². The molecule has 3 aromatic rings. The van der Waals surface area contributed by atoms with Gasteiger partial charge in [-0.05, 0) is 25.0 Å². The molecule has 0 radical (unpaired) electrons. The summed E-state index contributed by atoms with van der Waals surface area (Å²) in [5.74, 6) is 0.194. The maximum absolute atomic E-state index is 12.1. The number of nitrogens with zero attached hydrogens (tertiary/aromatic N) is 2. The molecule has 2 heterocycles. The van der Waals surface area contributed by atoms with Crippen LogP contribution in [-0.2, 0) is 11.2 Å². The summed E-state index contributed by atoms with van der Waals surface area (Å²) in [6.07, 6.45) is 5.24. The topological polar surface area (TPSA) is 49.0 Å². The third-order valence-corrected chi connectivity index (χ3v) is 4.32. The molecule has 4 nitrogen and oxygen atoms in total. The van der Waals surface area contributed by atoms with Gasteiger partial charge in [0.15, 0.2) is 0 Å². The summed E-state index contributed by atoms with van der Waals surface area (Å²) in [6, 6.07) is 10.4. The van der Waals surface area contributed by atoms with Crippen LogP contribution in [0.25, 0.3) is 21.8 Å². The van der Waals surface area contributed by atoms with Gasteiger partial charge >= 0.3 is 0 Å². The van der Waals surface area contributed by atoms with Gasteiger partial charge in [0.1, 0.15) is 0 Å². The molecule has 0 aliphatic carbocycles. The Morgan fingerprint density at radius 2 is 2.04 bits per heavy atom. The average molecular weight is 309 g/mol. The van der Waals surface area contributed by atoms with E-state index in [1.165, 1.54) is 10.8 Å². The molecule has 0 saturated heterocycles. The highest BCUT2D eigenvalue weighted by molar-refractivity contribution is 6.06. The van der Waals surface area contributed by atoms with Gasteiger partial charge in [-0.1, -0.05) is 31.5 Å². The Morgan fingerprint density at radius 1 is 1.22 bits per heavy atom. The fourth-order valence-electron chi connectivity index (χ4n) is 2.88. The summed E-state index contributed by atoms with van der Waals surface area (Å²) in [6.45, 7) is 2.98. The third-order valence-electron chi connectivity index (χ3n) is 4.32. The van der Waals surface area contributed by atoms with Crippen molar-refractivity contribution in [3.05, 3.63) is 42.2 Å². The lowest BCUT2D eigenvalue weighted by Gasteiger charge is -2.16. The molecule has 2 aromatic heterocycles. The molecule has 0 bridgehead atoms. The smallest absolute Gasteiger partial charge is 0.222 e. The van der Waals surface area contributed by atoms with Crippen LogP contribution in [0.5, 0.6) is 0 Å². The Morgan fingerprint density at radius 3 is 2.87 bits per heavy atom. The number of para-hydroxylation sites is 1. The van der Waals surface area contributed by atoms with E-state index in [1.807, 2.05) is 30.3 Å². The van der Waals surface area contributed by atoms with Crippen LogP contribution in [0.3, 0.4) is 0 Å². The molecule has 0 atom stereocenters. The van der Waals surface area contributed by atoms with Gasteiger partial charge in [0.05, 0.1) is 11.7 Å². The largest absolute Gasteiger partial charge is 0.353 e. The number of rotatable bonds is 6. The molecule has 1 aromatic carbocycles. The maximum Gasteiger partial charge on any atom is 0.222 e. The number of hydrogen-bond donors (Lipinski definition) is 1. The molecule has 0 unspecified atom stereocenters. The molecule has 0 aliphatic heterocycles. The maximum atomic E-state index is 12.1. The third kappa shape index (κ3) is 3.36. The first-order valence-electron chi connectivity index (χ1n) is 8.28. The van der Waals surface area contributed by atoms with Crippen molar-refractivity contribution in [3.8, 4) is 0 Å². The van der Waals surface area contributed by atoms with E-state index in [4.69, 9.17) is 0 Å². The first-order valence-corrected chi connectivity index (χ1v) is 8.28. The minimum Gasteiger partial charge on any atom is -0.353 e. The second-order valence-electron chi connectivity index (χ2n) is 6.06. The Hall–Kier alpha value is -2.36. The zero-order valence-corrected chi connectivity index (χ0v) is 13.8. The number of nitrogens with one attached hydrogen (secondary N) is 1. The number of amides is 1. The Kier molecular flexibility index (Phi) is 4.60. The molecular formula is C19H23N3O. The van der Waals surface area contributed by atoms with E-state index in [0.717, 1.165) is 36.1 Å². The van der Waals surface area contributed by atoms with Crippen molar-refractivity contribution in [3.63, 3.8) is 0 Å². The van der Waals surface area contributed by atoms with Crippen LogP contribution in [0.1, 0.15) is 31.9 Å². The Balaban J connectivity index is 1.73. The number of pyridine rings is 1. The summed E-state index contributed by atoms with van der Waals surface area (Å²) >= 11 is 0. The van der Waals surface area contributed by atoms with Crippen molar-refractivity contribution in [1.29, 1.82) is 0 Å². The lowest BCUT2D eigenvalue weighted by Crippen LogP contribution is -2.27. The van der Waals surface area contributed by atoms with Gasteiger partial charge in [-0.15, -0.1) is 0 Å². The van der Waals surface area contributed by atoms with Crippen molar-refractivity contribution >= 4 is 27.7 Å². The molecule has 0 spiro atoms. The standard InChI is InChI=1S/C19H23N3O/c1-3-4-11-22(2)19(23)10-9-14-12-16-15-7-5-6-8-17(15)21-18(16)13-20-14/h5-8,12-13,21H,3-4,9-11H2,1-2H3. The first-order chi connectivity index (χ1) is 11.2. The molecular weight excluding hydrogens is 286 g/mol.